The number of imidazole rings is 2. The molecule has 0 aliphatic heterocycles. The van der Waals surface area contributed by atoms with Crippen LogP contribution >= 0.6 is 0 Å². The van der Waals surface area contributed by atoms with E-state index in [9.17, 15) is 24.0 Å². The molecule has 0 aliphatic rings. The van der Waals surface area contributed by atoms with Gasteiger partial charge < -0.3 is 50.6 Å². The molecule has 22 heteroatoms. The molecule has 0 unspecified atom stereocenters. The second-order valence-electron chi connectivity index (χ2n) is 17.0. The quantitative estimate of drug-likeness (QED) is 0.0254. The molecule has 0 saturated heterocycles. The third kappa shape index (κ3) is 15.0. The molecule has 0 fully saturated rings. The number of hydrogen-bond donors (Lipinski definition) is 6. The maximum absolute atomic E-state index is 13.6. The molecule has 0 radical (unpaired) electrons. The molecule has 3 heterocycles. The number of nitrogens with two attached hydrogens (primary N) is 3. The molecular weight excluding hydrogens is 939 g/mol. The molecule has 0 saturated carbocycles. The molecule has 386 valence electrons. The van der Waals surface area contributed by atoms with Crippen molar-refractivity contribution < 1.29 is 42.9 Å². The van der Waals surface area contributed by atoms with Gasteiger partial charge in [-0.1, -0.05) is 18.2 Å². The number of carbonyl (C=O) groups excluding carboxylic acids is 5. The zero-order chi connectivity index (χ0) is 53.4. The van der Waals surface area contributed by atoms with Crippen LogP contribution in [0.4, 0.5) is 22.4 Å². The van der Waals surface area contributed by atoms with Crippen molar-refractivity contribution in [2.45, 2.75) is 73.7 Å². The average Bonchev–Trinajstić information content (AvgIpc) is 4.02. The molecule has 6 rings (SSSR count). The van der Waals surface area contributed by atoms with Crippen molar-refractivity contribution in [3.05, 3.63) is 113 Å². The first kappa shape index (κ1) is 55.0. The van der Waals surface area contributed by atoms with Gasteiger partial charge in [-0.2, -0.15) is 5.10 Å². The summed E-state index contributed by atoms with van der Waals surface area (Å²) in [6.45, 7) is 14.6. The van der Waals surface area contributed by atoms with E-state index < -0.39 is 29.4 Å². The Morgan fingerprint density at radius 3 is 1.96 bits per heavy atom. The number of aryl methyl sites for hydroxylation is 2. The standard InChI is InChI=1S/C44H51N11O8.C7H12N2O/c1-8-55-33(20-26(2)52-55)40(58)51-42-50-31-21-27(38(45)56)23-34(60-7)36(31)54(42)17-10-9-16-53-37-32(49-41(53)47-6)22-28(39(46)57)24-35(37)62-19-12-11-18-61-30-15-13-14-29(25-30)48-43(59)63-44(3,4)5;1-3-9-7(5-10)4-6(2)8/h9-15,20-25H,8,16-19H2,1-7H3,(H2,45,56)(H2,46,57)(H,47,49)(H,48,59)(H,50,51,58);4-5H,3,8H2,1-2H3/b10-9+,12-11+;6-4-,9-7?. The van der Waals surface area contributed by atoms with Crippen LogP contribution in [0.15, 0.2) is 95.7 Å². The van der Waals surface area contributed by atoms with Crippen LogP contribution in [0.25, 0.3) is 22.1 Å². The molecule has 4 amide bonds. The monoisotopic (exact) mass is 1000 g/mol. The highest BCUT2D eigenvalue weighted by atomic mass is 16.6. The highest BCUT2D eigenvalue weighted by Crippen LogP contribution is 2.33. The third-order valence-corrected chi connectivity index (χ3v) is 10.2. The number of carbonyl (C=O) groups is 5. The number of methoxy groups -OCH3 is 1. The van der Waals surface area contributed by atoms with Crippen LogP contribution < -0.4 is 47.4 Å². The SMILES string of the molecule is CCN=C(C=O)/C=C(/C)N.CCn1nc(C)cc1C(=O)Nc1nc2cc(C(N)=O)cc(OC)c2n1C/C=C/Cn1c(NC)nc2cc(C(N)=O)cc(OC/C=C/COc3cccc(NC(=O)OC(C)(C)C)c3)c21. The number of amides is 4. The van der Waals surface area contributed by atoms with Crippen molar-refractivity contribution in [2.75, 3.05) is 49.9 Å². The Balaban J connectivity index is 0.000000891. The zero-order valence-electron chi connectivity index (χ0n) is 42.4. The number of anilines is 3. The Labute approximate surface area is 422 Å². The molecule has 22 nitrogen and oxygen atoms in total. The molecule has 0 aliphatic carbocycles. The number of aldehydes is 1. The van der Waals surface area contributed by atoms with Gasteiger partial charge in [0.2, 0.25) is 23.7 Å². The number of aliphatic imine (C=N–C) groups is 1. The van der Waals surface area contributed by atoms with E-state index in [4.69, 9.17) is 41.1 Å². The molecule has 0 atom stereocenters. The molecule has 3 aromatic heterocycles. The summed E-state index contributed by atoms with van der Waals surface area (Å²) >= 11 is 0. The van der Waals surface area contributed by atoms with E-state index >= 15 is 0 Å². The predicted octanol–water partition coefficient (Wildman–Crippen LogP) is 6.54. The number of nitrogens with zero attached hydrogens (tertiary/aromatic N) is 7. The Hall–Kier alpha value is -8.95. The molecule has 3 aromatic carbocycles. The number of primary amides is 2. The molecule has 9 N–H and O–H groups in total. The van der Waals surface area contributed by atoms with E-state index in [1.165, 1.54) is 13.2 Å². The molecular formula is C51H63N13O9. The lowest BCUT2D eigenvalue weighted by atomic mass is 10.1. The van der Waals surface area contributed by atoms with Gasteiger partial charge in [-0.15, -0.1) is 0 Å². The number of allylic oxidation sites excluding steroid dienone is 4. The van der Waals surface area contributed by atoms with Crippen LogP contribution in [0.5, 0.6) is 17.2 Å². The van der Waals surface area contributed by atoms with Crippen molar-refractivity contribution in [3.8, 4) is 17.2 Å². The summed E-state index contributed by atoms with van der Waals surface area (Å²) in [5.74, 6) is 0.242. The second-order valence-corrected chi connectivity index (χ2v) is 17.0. The minimum Gasteiger partial charge on any atom is -0.494 e. The van der Waals surface area contributed by atoms with Crippen molar-refractivity contribution in [2.24, 2.45) is 22.2 Å². The van der Waals surface area contributed by atoms with Gasteiger partial charge in [0.05, 0.1) is 29.5 Å². The smallest absolute Gasteiger partial charge is 0.412 e. The molecule has 6 aromatic rings. The first-order valence-corrected chi connectivity index (χ1v) is 23.1. The second kappa shape index (κ2) is 25.3. The molecule has 73 heavy (non-hydrogen) atoms. The summed E-state index contributed by atoms with van der Waals surface area (Å²) in [5.41, 5.74) is 21.0. The van der Waals surface area contributed by atoms with E-state index in [0.29, 0.717) is 99.7 Å². The number of hydrogen-bond acceptors (Lipinski definition) is 15. The third-order valence-electron chi connectivity index (χ3n) is 10.2. The summed E-state index contributed by atoms with van der Waals surface area (Å²) in [6.07, 6.45) is 9.02. The number of ether oxygens (including phenoxy) is 4. The summed E-state index contributed by atoms with van der Waals surface area (Å²) < 4.78 is 28.3. The molecule has 0 spiro atoms. The highest BCUT2D eigenvalue weighted by molar-refractivity contribution is 6.33. The van der Waals surface area contributed by atoms with Gasteiger partial charge in [-0.25, -0.2) is 14.8 Å². The van der Waals surface area contributed by atoms with E-state index in [-0.39, 0.29) is 36.8 Å². The summed E-state index contributed by atoms with van der Waals surface area (Å²) in [4.78, 5) is 73.7. The van der Waals surface area contributed by atoms with E-state index in [0.717, 1.165) is 0 Å². The lowest BCUT2D eigenvalue weighted by Gasteiger charge is -2.19. The fraction of sp³-hybridized carbons (Fsp3) is 0.314. The van der Waals surface area contributed by atoms with E-state index in [1.807, 2.05) is 30.6 Å². The first-order chi connectivity index (χ1) is 34.8. The number of rotatable bonds is 21. The van der Waals surface area contributed by atoms with E-state index in [1.54, 1.807) is 118 Å². The van der Waals surface area contributed by atoms with Crippen LogP contribution in [0.3, 0.4) is 0 Å². The lowest BCUT2D eigenvalue weighted by Crippen LogP contribution is -2.27. The summed E-state index contributed by atoms with van der Waals surface area (Å²) in [5, 5.41) is 13.1. The topological polar surface area (TPSA) is 302 Å². The van der Waals surface area contributed by atoms with Crippen LogP contribution in [-0.2, 0) is 29.2 Å². The van der Waals surface area contributed by atoms with Crippen molar-refractivity contribution in [3.63, 3.8) is 0 Å². The van der Waals surface area contributed by atoms with Gasteiger partial charge in [0.25, 0.3) is 5.91 Å². The highest BCUT2D eigenvalue weighted by Gasteiger charge is 2.22. The van der Waals surface area contributed by atoms with Gasteiger partial charge in [0, 0.05) is 61.8 Å². The number of nitrogens with one attached hydrogen (secondary N) is 3. The Morgan fingerprint density at radius 2 is 1.40 bits per heavy atom. The summed E-state index contributed by atoms with van der Waals surface area (Å²) in [7, 11) is 3.20. The zero-order valence-corrected chi connectivity index (χ0v) is 42.4. The van der Waals surface area contributed by atoms with Gasteiger partial charge in [-0.05, 0) is 109 Å². The fourth-order valence-electron chi connectivity index (χ4n) is 7.18. The fourth-order valence-corrected chi connectivity index (χ4v) is 7.18. The van der Waals surface area contributed by atoms with E-state index in [2.05, 4.69) is 31.0 Å². The van der Waals surface area contributed by atoms with Crippen molar-refractivity contribution in [1.82, 2.24) is 28.9 Å². The normalized spacial score (nSPS) is 11.9. The number of benzene rings is 3. The van der Waals surface area contributed by atoms with Crippen LogP contribution in [0, 0.1) is 6.92 Å². The Bertz CT molecular complexity index is 3100. The van der Waals surface area contributed by atoms with Gasteiger partial charge in [-0.3, -0.25) is 39.5 Å². The number of fused-ring (bicyclic) bond motifs is 2. The average molecular weight is 1000 g/mol. The van der Waals surface area contributed by atoms with Crippen LogP contribution in [0.2, 0.25) is 0 Å². The summed E-state index contributed by atoms with van der Waals surface area (Å²) in [6, 6.07) is 14.9. The van der Waals surface area contributed by atoms with Crippen LogP contribution in [0.1, 0.15) is 78.4 Å². The maximum Gasteiger partial charge on any atom is 0.412 e. The van der Waals surface area contributed by atoms with Crippen molar-refractivity contribution >= 4 is 75.5 Å². The minimum absolute atomic E-state index is 0.122. The predicted molar refractivity (Wildman–Crippen MR) is 281 cm³/mol. The number of aromatic nitrogens is 6. The van der Waals surface area contributed by atoms with Gasteiger partial charge in [0.1, 0.15) is 52.8 Å². The lowest BCUT2D eigenvalue weighted by molar-refractivity contribution is -0.102. The largest absolute Gasteiger partial charge is 0.494 e. The maximum atomic E-state index is 13.6. The van der Waals surface area contributed by atoms with Crippen LogP contribution in [-0.4, -0.2) is 104 Å². The first-order valence-electron chi connectivity index (χ1n) is 23.1. The van der Waals surface area contributed by atoms with Gasteiger partial charge in [0.15, 0.2) is 6.29 Å². The Kier molecular flexibility index (Phi) is 19.0. The minimum atomic E-state index is -0.657. The Morgan fingerprint density at radius 1 is 0.795 bits per heavy atom. The molecule has 0 bridgehead atoms. The van der Waals surface area contributed by atoms with Gasteiger partial charge >= 0.3 is 6.09 Å². The van der Waals surface area contributed by atoms with Crippen molar-refractivity contribution in [1.29, 1.82) is 0 Å².